The molecule has 7 nitrogen and oxygen atoms in total. The number of carbonyl (C=O) groups excluding carboxylic acids is 1. The molecule has 0 saturated carbocycles. The van der Waals surface area contributed by atoms with Gasteiger partial charge in [-0.05, 0) is 60.9 Å². The molecule has 0 radical (unpaired) electrons. The molecule has 1 aliphatic rings. The minimum absolute atomic E-state index is 0.195. The van der Waals surface area contributed by atoms with Crippen molar-refractivity contribution in [2.24, 2.45) is 5.92 Å². The van der Waals surface area contributed by atoms with E-state index in [4.69, 9.17) is 0 Å². The van der Waals surface area contributed by atoms with Crippen molar-refractivity contribution in [2.45, 2.75) is 26.7 Å². The van der Waals surface area contributed by atoms with Crippen LogP contribution in [0.3, 0.4) is 0 Å². The Hall–Kier alpha value is -3.87. The number of aromatic nitrogens is 4. The highest BCUT2D eigenvalue weighted by Gasteiger charge is 2.18. The quantitative estimate of drug-likeness (QED) is 0.489. The number of rotatable bonds is 4. The van der Waals surface area contributed by atoms with Gasteiger partial charge in [-0.3, -0.25) is 4.79 Å². The molecule has 1 aromatic carbocycles. The maximum atomic E-state index is 12.9. The summed E-state index contributed by atoms with van der Waals surface area (Å²) in [6, 6.07) is 11.6. The van der Waals surface area contributed by atoms with Crippen LogP contribution in [0.15, 0.2) is 61.2 Å². The maximum Gasteiger partial charge on any atom is 0.257 e. The molecule has 0 bridgehead atoms. The Morgan fingerprint density at radius 1 is 0.909 bits per heavy atom. The van der Waals surface area contributed by atoms with E-state index in [9.17, 15) is 4.79 Å². The van der Waals surface area contributed by atoms with Crippen LogP contribution in [-0.2, 0) is 0 Å². The van der Waals surface area contributed by atoms with Crippen LogP contribution in [-0.4, -0.2) is 38.9 Å². The van der Waals surface area contributed by atoms with E-state index < -0.39 is 0 Å². The summed E-state index contributed by atoms with van der Waals surface area (Å²) in [5, 5.41) is 4.91. The largest absolute Gasteiger partial charge is 0.357 e. The van der Waals surface area contributed by atoms with E-state index in [1.54, 1.807) is 18.5 Å². The predicted octanol–water partition coefficient (Wildman–Crippen LogP) is 4.88. The van der Waals surface area contributed by atoms with Gasteiger partial charge in [-0.1, -0.05) is 19.1 Å². The smallest absolute Gasteiger partial charge is 0.257 e. The van der Waals surface area contributed by atoms with Gasteiger partial charge >= 0.3 is 0 Å². The first-order valence-electron chi connectivity index (χ1n) is 11.3. The van der Waals surface area contributed by atoms with Gasteiger partial charge in [-0.2, -0.15) is 0 Å². The zero-order valence-corrected chi connectivity index (χ0v) is 18.8. The first-order chi connectivity index (χ1) is 16.0. The zero-order valence-electron chi connectivity index (χ0n) is 18.8. The molecule has 5 rings (SSSR count). The van der Waals surface area contributed by atoms with Crippen molar-refractivity contribution in [3.63, 3.8) is 0 Å². The van der Waals surface area contributed by atoms with Gasteiger partial charge in [0.15, 0.2) is 0 Å². The number of pyridine rings is 2. The van der Waals surface area contributed by atoms with E-state index in [1.807, 2.05) is 43.6 Å². The van der Waals surface area contributed by atoms with Crippen molar-refractivity contribution in [3.8, 4) is 11.1 Å². The van der Waals surface area contributed by atoms with Crippen LogP contribution in [0, 0.1) is 12.8 Å². The SMILES string of the molecule is Cc1ncc(-c2ccc3cnc(NC(=O)c4ccnc(N5CCC(C)CC5)c4)cc3c2)cn1. The molecule has 4 aromatic rings. The Morgan fingerprint density at radius 2 is 1.70 bits per heavy atom. The Morgan fingerprint density at radius 3 is 2.48 bits per heavy atom. The summed E-state index contributed by atoms with van der Waals surface area (Å²) in [5.74, 6) is 2.65. The third-order valence-electron chi connectivity index (χ3n) is 6.19. The number of anilines is 2. The van der Waals surface area contributed by atoms with Crippen molar-refractivity contribution in [3.05, 3.63) is 72.6 Å². The summed E-state index contributed by atoms with van der Waals surface area (Å²) in [6.07, 6.45) is 9.40. The lowest BCUT2D eigenvalue weighted by atomic mass is 9.99. The van der Waals surface area contributed by atoms with Gasteiger partial charge in [-0.15, -0.1) is 0 Å². The van der Waals surface area contributed by atoms with Crippen LogP contribution < -0.4 is 10.2 Å². The summed E-state index contributed by atoms with van der Waals surface area (Å²) < 4.78 is 0. The monoisotopic (exact) mass is 438 g/mol. The molecular formula is C26H26N6O. The van der Waals surface area contributed by atoms with Gasteiger partial charge < -0.3 is 10.2 Å². The number of carbonyl (C=O) groups is 1. The van der Waals surface area contributed by atoms with Crippen LogP contribution in [0.1, 0.15) is 35.9 Å². The van der Waals surface area contributed by atoms with Crippen LogP contribution in [0.25, 0.3) is 21.9 Å². The lowest BCUT2D eigenvalue weighted by Crippen LogP contribution is -2.33. The lowest BCUT2D eigenvalue weighted by Gasteiger charge is -2.31. The van der Waals surface area contributed by atoms with E-state index in [0.29, 0.717) is 11.4 Å². The molecule has 0 aliphatic carbocycles. The van der Waals surface area contributed by atoms with E-state index in [2.05, 4.69) is 43.1 Å². The molecule has 166 valence electrons. The number of nitrogens with one attached hydrogen (secondary N) is 1. The lowest BCUT2D eigenvalue weighted by molar-refractivity contribution is 0.102. The van der Waals surface area contributed by atoms with Crippen LogP contribution >= 0.6 is 0 Å². The van der Waals surface area contributed by atoms with Gasteiger partial charge in [0.25, 0.3) is 5.91 Å². The highest BCUT2D eigenvalue weighted by Crippen LogP contribution is 2.25. The van der Waals surface area contributed by atoms with Crippen LogP contribution in [0.5, 0.6) is 0 Å². The van der Waals surface area contributed by atoms with E-state index in [-0.39, 0.29) is 5.91 Å². The summed E-state index contributed by atoms with van der Waals surface area (Å²) in [4.78, 5) is 32.7. The molecule has 0 unspecified atom stereocenters. The van der Waals surface area contributed by atoms with Crippen molar-refractivity contribution >= 4 is 28.3 Å². The first-order valence-corrected chi connectivity index (χ1v) is 11.3. The molecule has 7 heteroatoms. The van der Waals surface area contributed by atoms with Crippen molar-refractivity contribution in [1.82, 2.24) is 19.9 Å². The molecule has 1 aliphatic heterocycles. The number of piperidine rings is 1. The number of nitrogens with zero attached hydrogens (tertiary/aromatic N) is 5. The van der Waals surface area contributed by atoms with Gasteiger partial charge in [0, 0.05) is 54.4 Å². The minimum Gasteiger partial charge on any atom is -0.357 e. The number of aryl methyl sites for hydroxylation is 1. The molecule has 33 heavy (non-hydrogen) atoms. The van der Waals surface area contributed by atoms with Gasteiger partial charge in [0.2, 0.25) is 0 Å². The van der Waals surface area contributed by atoms with Crippen molar-refractivity contribution in [1.29, 1.82) is 0 Å². The predicted molar refractivity (Wildman–Crippen MR) is 130 cm³/mol. The van der Waals surface area contributed by atoms with Crippen molar-refractivity contribution < 1.29 is 4.79 Å². The molecule has 4 heterocycles. The summed E-state index contributed by atoms with van der Waals surface area (Å²) >= 11 is 0. The van der Waals surface area contributed by atoms with Gasteiger partial charge in [0.1, 0.15) is 17.5 Å². The topological polar surface area (TPSA) is 83.9 Å². The Kier molecular flexibility index (Phi) is 5.69. The molecule has 0 spiro atoms. The number of hydrogen-bond donors (Lipinski definition) is 1. The van der Waals surface area contributed by atoms with Gasteiger partial charge in [0.05, 0.1) is 0 Å². The van der Waals surface area contributed by atoms with Crippen LogP contribution in [0.2, 0.25) is 0 Å². The third-order valence-corrected chi connectivity index (χ3v) is 6.19. The second kappa shape index (κ2) is 8.94. The molecule has 1 saturated heterocycles. The number of fused-ring (bicyclic) bond motifs is 1. The minimum atomic E-state index is -0.195. The fourth-order valence-corrected chi connectivity index (χ4v) is 4.09. The first kappa shape index (κ1) is 21.0. The highest BCUT2D eigenvalue weighted by atomic mass is 16.1. The normalized spacial score (nSPS) is 14.4. The summed E-state index contributed by atoms with van der Waals surface area (Å²) in [6.45, 7) is 6.09. The van der Waals surface area contributed by atoms with E-state index in [1.165, 1.54) is 0 Å². The van der Waals surface area contributed by atoms with Crippen molar-refractivity contribution in [2.75, 3.05) is 23.3 Å². The fraction of sp³-hybridized carbons (Fsp3) is 0.269. The number of amides is 1. The number of hydrogen-bond acceptors (Lipinski definition) is 6. The number of benzene rings is 1. The summed E-state index contributed by atoms with van der Waals surface area (Å²) in [5.41, 5.74) is 2.54. The Bertz CT molecular complexity index is 1300. The molecule has 3 aromatic heterocycles. The molecule has 1 N–H and O–H groups in total. The molecule has 1 fully saturated rings. The van der Waals surface area contributed by atoms with Gasteiger partial charge in [-0.25, -0.2) is 19.9 Å². The molecule has 0 atom stereocenters. The highest BCUT2D eigenvalue weighted by molar-refractivity contribution is 6.05. The maximum absolute atomic E-state index is 12.9. The standard InChI is InChI=1S/C26H26N6O/c1-17-6-9-32(10-7-17)25-13-20(5-8-27-25)26(33)31-24-12-22-11-19(3-4-21(22)14-30-24)23-15-28-18(2)29-16-23/h3-5,8,11-17H,6-7,9-10H2,1-2H3,(H,30,31,33). The second-order valence-electron chi connectivity index (χ2n) is 8.68. The summed E-state index contributed by atoms with van der Waals surface area (Å²) in [7, 11) is 0. The van der Waals surface area contributed by atoms with E-state index >= 15 is 0 Å². The average Bonchev–Trinajstić information content (AvgIpc) is 2.84. The molecular weight excluding hydrogens is 412 g/mol. The second-order valence-corrected chi connectivity index (χ2v) is 8.68. The average molecular weight is 439 g/mol. The van der Waals surface area contributed by atoms with Crippen LogP contribution in [0.4, 0.5) is 11.6 Å². The zero-order chi connectivity index (χ0) is 22.8. The Labute approximate surface area is 192 Å². The third kappa shape index (κ3) is 4.67. The van der Waals surface area contributed by atoms with E-state index in [0.717, 1.165) is 65.4 Å². The Balaban J connectivity index is 1.36. The molecule has 1 amide bonds. The fourth-order valence-electron chi connectivity index (χ4n) is 4.09.